The van der Waals surface area contributed by atoms with Gasteiger partial charge in [-0.15, -0.1) is 0 Å². The maximum absolute atomic E-state index is 13.3. The van der Waals surface area contributed by atoms with E-state index in [0.717, 1.165) is 44.9 Å². The molecule has 1 aromatic rings. The minimum atomic E-state index is -0.450. The number of aromatic nitrogens is 1. The Morgan fingerprint density at radius 1 is 1.10 bits per heavy atom. The third kappa shape index (κ3) is 5.12. The van der Waals surface area contributed by atoms with Crippen molar-refractivity contribution < 1.29 is 9.59 Å². The molecule has 1 saturated carbocycles. The maximum atomic E-state index is 13.3. The van der Waals surface area contributed by atoms with E-state index in [1.165, 1.54) is 6.42 Å². The molecule has 7 nitrogen and oxygen atoms in total. The molecule has 2 amide bonds. The zero-order valence-corrected chi connectivity index (χ0v) is 18.7. The predicted molar refractivity (Wildman–Crippen MR) is 118 cm³/mol. The van der Waals surface area contributed by atoms with Gasteiger partial charge in [0, 0.05) is 44.1 Å². The van der Waals surface area contributed by atoms with Crippen LogP contribution in [0, 0.1) is 0 Å². The Kier molecular flexibility index (Phi) is 7.69. The lowest BCUT2D eigenvalue weighted by atomic mass is 9.95. The second-order valence-electron chi connectivity index (χ2n) is 8.92. The molecule has 0 spiro atoms. The average molecular weight is 417 g/mol. The molecule has 0 radical (unpaired) electrons. The fourth-order valence-electron chi connectivity index (χ4n) is 4.49. The molecule has 7 heteroatoms. The normalized spacial score (nSPS) is 20.0. The van der Waals surface area contributed by atoms with Gasteiger partial charge in [0.1, 0.15) is 11.1 Å². The summed E-state index contributed by atoms with van der Waals surface area (Å²) in [6, 6.07) is 0.538. The van der Waals surface area contributed by atoms with Crippen molar-refractivity contribution in [2.45, 2.75) is 70.4 Å². The third-order valence-corrected chi connectivity index (χ3v) is 6.51. The van der Waals surface area contributed by atoms with Crippen LogP contribution >= 0.6 is 0 Å². The van der Waals surface area contributed by atoms with E-state index in [-0.39, 0.29) is 29.0 Å². The van der Waals surface area contributed by atoms with Crippen LogP contribution in [0.25, 0.3) is 0 Å². The summed E-state index contributed by atoms with van der Waals surface area (Å²) in [5.74, 6) is -0.627. The number of pyridine rings is 1. The monoisotopic (exact) mass is 416 g/mol. The first-order valence-electron chi connectivity index (χ1n) is 11.4. The molecule has 1 aromatic heterocycles. The van der Waals surface area contributed by atoms with Gasteiger partial charge < -0.3 is 19.7 Å². The van der Waals surface area contributed by atoms with Gasteiger partial charge >= 0.3 is 0 Å². The Morgan fingerprint density at radius 3 is 2.43 bits per heavy atom. The molecule has 1 saturated heterocycles. The highest BCUT2D eigenvalue weighted by Crippen LogP contribution is 2.28. The van der Waals surface area contributed by atoms with Gasteiger partial charge in [-0.2, -0.15) is 0 Å². The quantitative estimate of drug-likeness (QED) is 0.694. The molecular weight excluding hydrogens is 380 g/mol. The van der Waals surface area contributed by atoms with Crippen LogP contribution < -0.4 is 10.7 Å². The Balaban J connectivity index is 1.92. The maximum Gasteiger partial charge on any atom is 0.259 e. The fraction of sp³-hybridized carbons (Fsp3) is 0.696. The van der Waals surface area contributed by atoms with E-state index in [0.29, 0.717) is 25.7 Å². The largest absolute Gasteiger partial charge is 0.352 e. The van der Waals surface area contributed by atoms with Crippen LogP contribution in [-0.2, 0) is 0 Å². The summed E-state index contributed by atoms with van der Waals surface area (Å²) in [6.07, 6.45) is 11.6. The Labute approximate surface area is 179 Å². The second kappa shape index (κ2) is 10.2. The van der Waals surface area contributed by atoms with Crippen LogP contribution in [-0.4, -0.2) is 66.0 Å². The number of carbonyl (C=O) groups is 2. The van der Waals surface area contributed by atoms with Gasteiger partial charge in [0.15, 0.2) is 0 Å². The molecule has 1 atom stereocenters. The molecule has 2 fully saturated rings. The van der Waals surface area contributed by atoms with Gasteiger partial charge in [0.25, 0.3) is 11.8 Å². The highest BCUT2D eigenvalue weighted by molar-refractivity contribution is 5.99. The lowest BCUT2D eigenvalue weighted by Gasteiger charge is -2.26. The van der Waals surface area contributed by atoms with Crippen molar-refractivity contribution in [1.29, 1.82) is 0 Å². The summed E-state index contributed by atoms with van der Waals surface area (Å²) in [5, 5.41) is 2.84. The van der Waals surface area contributed by atoms with Crippen molar-refractivity contribution in [3.05, 3.63) is 33.7 Å². The highest BCUT2D eigenvalue weighted by atomic mass is 16.2. The molecular formula is C23H36N4O3. The number of nitrogens with zero attached hydrogens (tertiary/aromatic N) is 3. The molecule has 1 N–H and O–H groups in total. The predicted octanol–water partition coefficient (Wildman–Crippen LogP) is 2.66. The van der Waals surface area contributed by atoms with Crippen LogP contribution in [0.1, 0.15) is 85.0 Å². The van der Waals surface area contributed by atoms with Crippen molar-refractivity contribution in [3.8, 4) is 0 Å². The van der Waals surface area contributed by atoms with Gasteiger partial charge in [-0.1, -0.05) is 32.6 Å². The Morgan fingerprint density at radius 2 is 1.80 bits per heavy atom. The minimum absolute atomic E-state index is 0.0888. The number of hydrogen-bond acceptors (Lipinski definition) is 4. The fourth-order valence-corrected chi connectivity index (χ4v) is 4.49. The van der Waals surface area contributed by atoms with E-state index in [1.54, 1.807) is 17.3 Å². The molecule has 1 aliphatic heterocycles. The van der Waals surface area contributed by atoms with Crippen molar-refractivity contribution in [2.75, 3.05) is 33.7 Å². The molecule has 2 heterocycles. The van der Waals surface area contributed by atoms with E-state index in [4.69, 9.17) is 0 Å². The molecule has 1 aliphatic carbocycles. The SMILES string of the molecule is CCCCNC(=O)c1cn(C2CCCCC2)cc(C(=O)N2CC[C@@H](N(C)C)C2)c1=O. The Bertz CT molecular complexity index is 811. The Hall–Kier alpha value is -2.15. The van der Waals surface area contributed by atoms with Crippen LogP contribution in [0.4, 0.5) is 0 Å². The molecule has 0 bridgehead atoms. The van der Waals surface area contributed by atoms with Crippen molar-refractivity contribution in [2.24, 2.45) is 0 Å². The zero-order chi connectivity index (χ0) is 21.7. The summed E-state index contributed by atoms with van der Waals surface area (Å²) < 4.78 is 1.96. The first kappa shape index (κ1) is 22.5. The van der Waals surface area contributed by atoms with E-state index in [9.17, 15) is 14.4 Å². The van der Waals surface area contributed by atoms with Crippen molar-refractivity contribution in [1.82, 2.24) is 19.7 Å². The standard InChI is InChI=1S/C23H36N4O3/c1-4-5-12-24-22(29)19-15-27(17-9-7-6-8-10-17)16-20(21(19)28)23(30)26-13-11-18(14-26)25(2)3/h15-18H,4-14H2,1-3H3,(H,24,29)/t18-/m1/s1. The molecule has 0 aromatic carbocycles. The molecule has 2 aliphatic rings. The van der Waals surface area contributed by atoms with Gasteiger partial charge in [-0.05, 0) is 39.8 Å². The van der Waals surface area contributed by atoms with E-state index in [1.807, 2.05) is 18.7 Å². The number of rotatable bonds is 7. The van der Waals surface area contributed by atoms with E-state index < -0.39 is 5.43 Å². The van der Waals surface area contributed by atoms with Gasteiger partial charge in [-0.25, -0.2) is 0 Å². The number of amides is 2. The highest BCUT2D eigenvalue weighted by Gasteiger charge is 2.31. The summed E-state index contributed by atoms with van der Waals surface area (Å²) in [7, 11) is 4.02. The van der Waals surface area contributed by atoms with Gasteiger partial charge in [0.05, 0.1) is 0 Å². The number of carbonyl (C=O) groups excluding carboxylic acids is 2. The zero-order valence-electron chi connectivity index (χ0n) is 18.7. The summed E-state index contributed by atoms with van der Waals surface area (Å²) >= 11 is 0. The number of likely N-dealkylation sites (tertiary alicyclic amines) is 1. The third-order valence-electron chi connectivity index (χ3n) is 6.51. The second-order valence-corrected chi connectivity index (χ2v) is 8.92. The van der Waals surface area contributed by atoms with Crippen LogP contribution in [0.2, 0.25) is 0 Å². The molecule has 3 rings (SSSR count). The minimum Gasteiger partial charge on any atom is -0.352 e. The van der Waals surface area contributed by atoms with Gasteiger partial charge in [0.2, 0.25) is 5.43 Å². The summed E-state index contributed by atoms with van der Waals surface area (Å²) in [4.78, 5) is 43.1. The molecule has 166 valence electrons. The van der Waals surface area contributed by atoms with Crippen molar-refractivity contribution in [3.63, 3.8) is 0 Å². The topological polar surface area (TPSA) is 74.7 Å². The van der Waals surface area contributed by atoms with Crippen molar-refractivity contribution >= 4 is 11.8 Å². The van der Waals surface area contributed by atoms with Crippen LogP contribution in [0.15, 0.2) is 17.2 Å². The number of nitrogens with one attached hydrogen (secondary N) is 1. The van der Waals surface area contributed by atoms with Crippen LogP contribution in [0.5, 0.6) is 0 Å². The first-order valence-corrected chi connectivity index (χ1v) is 11.4. The molecule has 30 heavy (non-hydrogen) atoms. The average Bonchev–Trinajstić information content (AvgIpc) is 3.25. The number of unbranched alkanes of at least 4 members (excludes halogenated alkanes) is 1. The first-order chi connectivity index (χ1) is 14.4. The van der Waals surface area contributed by atoms with E-state index >= 15 is 0 Å². The number of hydrogen-bond donors (Lipinski definition) is 1. The smallest absolute Gasteiger partial charge is 0.259 e. The van der Waals surface area contributed by atoms with E-state index in [2.05, 4.69) is 17.1 Å². The summed E-state index contributed by atoms with van der Waals surface area (Å²) in [5.41, 5.74) is -0.233. The lowest BCUT2D eigenvalue weighted by Crippen LogP contribution is -2.39. The lowest BCUT2D eigenvalue weighted by molar-refractivity contribution is 0.0780. The van der Waals surface area contributed by atoms with Crippen LogP contribution in [0.3, 0.4) is 0 Å². The molecule has 0 unspecified atom stereocenters. The van der Waals surface area contributed by atoms with Gasteiger partial charge in [-0.3, -0.25) is 14.4 Å². The number of likely N-dealkylation sites (N-methyl/N-ethyl adjacent to an activating group) is 1. The summed E-state index contributed by atoms with van der Waals surface area (Å²) in [6.45, 7) is 3.84.